The molecule has 7 nitrogen and oxygen atoms in total. The molecular weight excluding hydrogens is 292 g/mol. The van der Waals surface area contributed by atoms with Crippen LogP contribution in [0.25, 0.3) is 0 Å². The summed E-state index contributed by atoms with van der Waals surface area (Å²) >= 11 is 0. The highest BCUT2D eigenvalue weighted by molar-refractivity contribution is 5.95. The van der Waals surface area contributed by atoms with Crippen LogP contribution in [0.5, 0.6) is 0 Å². The van der Waals surface area contributed by atoms with Crippen LogP contribution >= 0.6 is 0 Å². The summed E-state index contributed by atoms with van der Waals surface area (Å²) in [6.07, 6.45) is 0. The Labute approximate surface area is 136 Å². The van der Waals surface area contributed by atoms with E-state index in [1.807, 2.05) is 53.3 Å². The number of anilines is 2. The van der Waals surface area contributed by atoms with Gasteiger partial charge in [-0.3, -0.25) is 4.79 Å². The number of carbonyl (C=O) groups excluding carboxylic acids is 1. The van der Waals surface area contributed by atoms with Gasteiger partial charge in [-0.25, -0.2) is 0 Å². The zero-order valence-electron chi connectivity index (χ0n) is 14.2. The highest BCUT2D eigenvalue weighted by atomic mass is 16.1. The third-order valence-electron chi connectivity index (χ3n) is 3.25. The van der Waals surface area contributed by atoms with E-state index in [1.165, 1.54) is 0 Å². The number of rotatable bonds is 5. The Morgan fingerprint density at radius 3 is 2.09 bits per heavy atom. The fourth-order valence-electron chi connectivity index (χ4n) is 1.96. The van der Waals surface area contributed by atoms with Gasteiger partial charge in [0.15, 0.2) is 5.82 Å². The Kier molecular flexibility index (Phi) is 5.10. The fourth-order valence-corrected chi connectivity index (χ4v) is 1.96. The molecular formula is C16H22N6O. The standard InChI is InChI=1S/C16H22N6O/c1-11-8-6-7-9-12(11)14(23)17-10-13-18-15(21(2)3)20-16(19-13)22(4)5/h6-9H,10H2,1-5H3,(H,17,23). The number of carbonyl (C=O) groups is 1. The van der Waals surface area contributed by atoms with Gasteiger partial charge in [0.1, 0.15) is 0 Å². The quantitative estimate of drug-likeness (QED) is 0.895. The number of aryl methyl sites for hydroxylation is 1. The van der Waals surface area contributed by atoms with Crippen LogP contribution in [-0.4, -0.2) is 49.0 Å². The summed E-state index contributed by atoms with van der Waals surface area (Å²) in [7, 11) is 7.46. The molecule has 0 aliphatic heterocycles. The van der Waals surface area contributed by atoms with Crippen LogP contribution in [0.4, 0.5) is 11.9 Å². The molecule has 1 aromatic heterocycles. The van der Waals surface area contributed by atoms with Crippen molar-refractivity contribution in [3.05, 3.63) is 41.2 Å². The van der Waals surface area contributed by atoms with Gasteiger partial charge in [0.05, 0.1) is 6.54 Å². The maximum Gasteiger partial charge on any atom is 0.251 e. The van der Waals surface area contributed by atoms with Crippen LogP contribution in [0, 0.1) is 6.92 Å². The van der Waals surface area contributed by atoms with E-state index in [0.717, 1.165) is 5.56 Å². The normalized spacial score (nSPS) is 10.3. The highest BCUT2D eigenvalue weighted by Crippen LogP contribution is 2.11. The second-order valence-corrected chi connectivity index (χ2v) is 5.64. The molecule has 1 amide bonds. The lowest BCUT2D eigenvalue weighted by Gasteiger charge is -2.16. The van der Waals surface area contributed by atoms with Crippen molar-refractivity contribution in [3.63, 3.8) is 0 Å². The van der Waals surface area contributed by atoms with Crippen molar-refractivity contribution in [3.8, 4) is 0 Å². The molecule has 0 saturated carbocycles. The van der Waals surface area contributed by atoms with Gasteiger partial charge in [-0.15, -0.1) is 0 Å². The van der Waals surface area contributed by atoms with Gasteiger partial charge in [0, 0.05) is 33.8 Å². The monoisotopic (exact) mass is 314 g/mol. The molecule has 0 aliphatic carbocycles. The van der Waals surface area contributed by atoms with Crippen LogP contribution in [0.2, 0.25) is 0 Å². The van der Waals surface area contributed by atoms with E-state index < -0.39 is 0 Å². The van der Waals surface area contributed by atoms with Crippen molar-refractivity contribution in [2.75, 3.05) is 38.0 Å². The number of hydrogen-bond acceptors (Lipinski definition) is 6. The first kappa shape index (κ1) is 16.7. The average Bonchev–Trinajstić information content (AvgIpc) is 2.52. The SMILES string of the molecule is Cc1ccccc1C(=O)NCc1nc(N(C)C)nc(N(C)C)n1. The maximum atomic E-state index is 12.3. The molecule has 0 bridgehead atoms. The summed E-state index contributed by atoms with van der Waals surface area (Å²) in [5, 5.41) is 2.86. The first-order valence-corrected chi connectivity index (χ1v) is 7.32. The molecule has 1 heterocycles. The Morgan fingerprint density at radius 1 is 1.00 bits per heavy atom. The second-order valence-electron chi connectivity index (χ2n) is 5.64. The van der Waals surface area contributed by atoms with Crippen LogP contribution in [0.15, 0.2) is 24.3 Å². The fraction of sp³-hybridized carbons (Fsp3) is 0.375. The smallest absolute Gasteiger partial charge is 0.251 e. The van der Waals surface area contributed by atoms with Crippen molar-refractivity contribution in [1.29, 1.82) is 0 Å². The summed E-state index contributed by atoms with van der Waals surface area (Å²) in [5.41, 5.74) is 1.59. The highest BCUT2D eigenvalue weighted by Gasteiger charge is 2.12. The second kappa shape index (κ2) is 7.04. The Balaban J connectivity index is 2.17. The molecule has 23 heavy (non-hydrogen) atoms. The van der Waals surface area contributed by atoms with Crippen LogP contribution in [0.1, 0.15) is 21.7 Å². The van der Waals surface area contributed by atoms with E-state index in [-0.39, 0.29) is 12.5 Å². The Hall–Kier alpha value is -2.70. The number of aromatic nitrogens is 3. The van der Waals surface area contributed by atoms with E-state index >= 15 is 0 Å². The van der Waals surface area contributed by atoms with E-state index in [4.69, 9.17) is 0 Å². The topological polar surface area (TPSA) is 74.2 Å². The molecule has 1 N–H and O–H groups in total. The van der Waals surface area contributed by atoms with Gasteiger partial charge < -0.3 is 15.1 Å². The summed E-state index contributed by atoms with van der Waals surface area (Å²) in [5.74, 6) is 1.50. The Morgan fingerprint density at radius 2 is 1.57 bits per heavy atom. The van der Waals surface area contributed by atoms with Gasteiger partial charge in [0.25, 0.3) is 5.91 Å². The molecule has 7 heteroatoms. The van der Waals surface area contributed by atoms with Crippen LogP contribution in [-0.2, 0) is 6.54 Å². The zero-order chi connectivity index (χ0) is 17.0. The molecule has 0 unspecified atom stereocenters. The maximum absolute atomic E-state index is 12.3. The van der Waals surface area contributed by atoms with Gasteiger partial charge in [0.2, 0.25) is 11.9 Å². The molecule has 0 saturated heterocycles. The van der Waals surface area contributed by atoms with E-state index in [1.54, 1.807) is 15.9 Å². The lowest BCUT2D eigenvalue weighted by molar-refractivity contribution is 0.0949. The number of nitrogens with one attached hydrogen (secondary N) is 1. The van der Waals surface area contributed by atoms with Gasteiger partial charge in [-0.1, -0.05) is 18.2 Å². The first-order chi connectivity index (χ1) is 10.9. The number of amides is 1. The number of hydrogen-bond donors (Lipinski definition) is 1. The molecule has 0 spiro atoms. The third kappa shape index (κ3) is 4.15. The van der Waals surface area contributed by atoms with Crippen LogP contribution in [0.3, 0.4) is 0 Å². The average molecular weight is 314 g/mol. The summed E-state index contributed by atoms with van der Waals surface area (Å²) in [6, 6.07) is 7.46. The predicted octanol–water partition coefficient (Wildman–Crippen LogP) is 1.24. The van der Waals surface area contributed by atoms with E-state index in [0.29, 0.717) is 23.3 Å². The van der Waals surface area contributed by atoms with Crippen LogP contribution < -0.4 is 15.1 Å². The molecule has 0 aliphatic rings. The first-order valence-electron chi connectivity index (χ1n) is 7.32. The number of benzene rings is 1. The Bertz CT molecular complexity index is 672. The molecule has 0 fully saturated rings. The number of nitrogens with zero attached hydrogens (tertiary/aromatic N) is 5. The lowest BCUT2D eigenvalue weighted by Crippen LogP contribution is -2.26. The van der Waals surface area contributed by atoms with Crippen molar-refractivity contribution >= 4 is 17.8 Å². The predicted molar refractivity (Wildman–Crippen MR) is 90.8 cm³/mol. The minimum atomic E-state index is -0.138. The van der Waals surface area contributed by atoms with Gasteiger partial charge >= 0.3 is 0 Å². The molecule has 122 valence electrons. The van der Waals surface area contributed by atoms with Crippen molar-refractivity contribution in [2.45, 2.75) is 13.5 Å². The third-order valence-corrected chi connectivity index (χ3v) is 3.25. The largest absolute Gasteiger partial charge is 0.347 e. The van der Waals surface area contributed by atoms with E-state index in [2.05, 4.69) is 20.3 Å². The molecule has 0 atom stereocenters. The summed E-state index contributed by atoms with van der Waals surface area (Å²) < 4.78 is 0. The zero-order valence-corrected chi connectivity index (χ0v) is 14.2. The van der Waals surface area contributed by atoms with Crippen molar-refractivity contribution in [2.24, 2.45) is 0 Å². The molecule has 2 rings (SSSR count). The molecule has 0 radical (unpaired) electrons. The van der Waals surface area contributed by atoms with Crippen molar-refractivity contribution in [1.82, 2.24) is 20.3 Å². The lowest BCUT2D eigenvalue weighted by atomic mass is 10.1. The summed E-state index contributed by atoms with van der Waals surface area (Å²) in [6.45, 7) is 2.16. The van der Waals surface area contributed by atoms with Crippen molar-refractivity contribution < 1.29 is 4.79 Å². The molecule has 2 aromatic rings. The van der Waals surface area contributed by atoms with Gasteiger partial charge in [-0.2, -0.15) is 15.0 Å². The molecule has 1 aromatic carbocycles. The summed E-state index contributed by atoms with van der Waals surface area (Å²) in [4.78, 5) is 29.0. The minimum Gasteiger partial charge on any atom is -0.347 e. The van der Waals surface area contributed by atoms with E-state index in [9.17, 15) is 4.79 Å². The van der Waals surface area contributed by atoms with Gasteiger partial charge in [-0.05, 0) is 18.6 Å². The minimum absolute atomic E-state index is 0.138.